The zero-order chi connectivity index (χ0) is 15.2. The van der Waals surface area contributed by atoms with Crippen LogP contribution in [0.15, 0.2) is 46.9 Å². The number of hydrogen-bond donors (Lipinski definition) is 1. The average molecular weight is 354 g/mol. The monoisotopic (exact) mass is 353 g/mol. The van der Waals surface area contributed by atoms with Crippen LogP contribution in [0.2, 0.25) is 0 Å². The zero-order valence-electron chi connectivity index (χ0n) is 11.7. The summed E-state index contributed by atoms with van der Waals surface area (Å²) in [4.78, 5) is 0. The summed E-state index contributed by atoms with van der Waals surface area (Å²) < 4.78 is 25.7. The van der Waals surface area contributed by atoms with E-state index in [9.17, 15) is 4.39 Å². The molecule has 0 aliphatic carbocycles. The topological polar surface area (TPSA) is 44.5 Å². The predicted octanol–water partition coefficient (Wildman–Crippen LogP) is 4.07. The highest BCUT2D eigenvalue weighted by molar-refractivity contribution is 9.10. The molecular weight excluding hydrogens is 337 g/mol. The van der Waals surface area contributed by atoms with E-state index >= 15 is 0 Å². The van der Waals surface area contributed by atoms with Gasteiger partial charge < -0.3 is 15.2 Å². The third-order valence-corrected chi connectivity index (χ3v) is 3.43. The zero-order valence-corrected chi connectivity index (χ0v) is 13.3. The van der Waals surface area contributed by atoms with Crippen LogP contribution >= 0.6 is 15.9 Å². The molecule has 112 valence electrons. The fraction of sp³-hybridized carbons (Fsp3) is 0.250. The lowest BCUT2D eigenvalue weighted by molar-refractivity contribution is 0.216. The first-order valence-corrected chi connectivity index (χ1v) is 7.42. The second kappa shape index (κ2) is 7.43. The van der Waals surface area contributed by atoms with Crippen LogP contribution < -0.4 is 15.2 Å². The van der Waals surface area contributed by atoms with Gasteiger partial charge in [0.1, 0.15) is 30.5 Å². The molecule has 1 atom stereocenters. The average Bonchev–Trinajstić information content (AvgIpc) is 2.45. The van der Waals surface area contributed by atoms with Gasteiger partial charge in [-0.15, -0.1) is 0 Å². The molecule has 0 amide bonds. The molecule has 0 saturated carbocycles. The minimum atomic E-state index is -0.351. The van der Waals surface area contributed by atoms with Crippen LogP contribution in [0.5, 0.6) is 11.5 Å². The Morgan fingerprint density at radius 3 is 2.19 bits per heavy atom. The highest BCUT2D eigenvalue weighted by Gasteiger charge is 2.08. The van der Waals surface area contributed by atoms with Crippen molar-refractivity contribution in [1.82, 2.24) is 0 Å². The molecule has 2 N–H and O–H groups in total. The van der Waals surface area contributed by atoms with Gasteiger partial charge in [0.25, 0.3) is 0 Å². The van der Waals surface area contributed by atoms with Gasteiger partial charge in [0.2, 0.25) is 0 Å². The Balaban J connectivity index is 1.81. The third-order valence-electron chi connectivity index (χ3n) is 2.90. The molecule has 3 nitrogen and oxygen atoms in total. The van der Waals surface area contributed by atoms with Crippen LogP contribution in [-0.2, 0) is 0 Å². The summed E-state index contributed by atoms with van der Waals surface area (Å²) >= 11 is 3.36. The highest BCUT2D eigenvalue weighted by Crippen LogP contribution is 2.20. The van der Waals surface area contributed by atoms with Crippen LogP contribution in [0.1, 0.15) is 18.5 Å². The van der Waals surface area contributed by atoms with Crippen molar-refractivity contribution in [3.05, 3.63) is 58.3 Å². The van der Waals surface area contributed by atoms with Crippen LogP contribution in [-0.4, -0.2) is 13.2 Å². The van der Waals surface area contributed by atoms with Crippen molar-refractivity contribution in [2.75, 3.05) is 13.2 Å². The lowest BCUT2D eigenvalue weighted by Gasteiger charge is -2.11. The van der Waals surface area contributed by atoms with Crippen molar-refractivity contribution >= 4 is 15.9 Å². The van der Waals surface area contributed by atoms with Gasteiger partial charge in [-0.3, -0.25) is 0 Å². The van der Waals surface area contributed by atoms with Crippen LogP contribution in [0.4, 0.5) is 4.39 Å². The first-order valence-electron chi connectivity index (χ1n) is 6.62. The summed E-state index contributed by atoms with van der Waals surface area (Å²) in [5.74, 6) is 0.882. The molecule has 0 spiro atoms. The van der Waals surface area contributed by atoms with Crippen molar-refractivity contribution < 1.29 is 13.9 Å². The van der Waals surface area contributed by atoms with E-state index in [2.05, 4.69) is 15.9 Å². The molecular formula is C16H17BrFNO2. The summed E-state index contributed by atoms with van der Waals surface area (Å²) in [5.41, 5.74) is 6.14. The van der Waals surface area contributed by atoms with Crippen molar-refractivity contribution in [3.63, 3.8) is 0 Å². The van der Waals surface area contributed by atoms with Crippen LogP contribution in [0.3, 0.4) is 0 Å². The maximum Gasteiger partial charge on any atom is 0.131 e. The predicted molar refractivity (Wildman–Crippen MR) is 84.1 cm³/mol. The van der Waals surface area contributed by atoms with Crippen molar-refractivity contribution in [1.29, 1.82) is 0 Å². The minimum Gasteiger partial charge on any atom is -0.490 e. The Morgan fingerprint density at radius 1 is 1.05 bits per heavy atom. The SMILES string of the molecule is CC(N)c1ccc(OCCOc2ccc(Br)cc2)cc1F. The fourth-order valence-corrected chi connectivity index (χ4v) is 2.08. The van der Waals surface area contributed by atoms with Crippen molar-refractivity contribution in [2.45, 2.75) is 13.0 Å². The molecule has 0 aliphatic heterocycles. The maximum absolute atomic E-state index is 13.7. The molecule has 0 radical (unpaired) electrons. The smallest absolute Gasteiger partial charge is 0.131 e. The molecule has 0 saturated heterocycles. The Morgan fingerprint density at radius 2 is 1.62 bits per heavy atom. The van der Waals surface area contributed by atoms with Gasteiger partial charge in [-0.05, 0) is 37.3 Å². The molecule has 0 bridgehead atoms. The summed E-state index contributed by atoms with van der Waals surface area (Å²) in [5, 5.41) is 0. The molecule has 0 aliphatic rings. The number of nitrogens with two attached hydrogens (primary N) is 1. The maximum atomic E-state index is 13.7. The number of rotatable bonds is 6. The standard InChI is InChI=1S/C16H17BrFNO2/c1-11(19)15-7-6-14(10-16(15)18)21-9-8-20-13-4-2-12(17)3-5-13/h2-7,10-11H,8-9,19H2,1H3. The number of halogens is 2. The molecule has 2 aromatic rings. The van der Waals surface area contributed by atoms with E-state index in [1.54, 1.807) is 19.1 Å². The molecule has 5 heteroatoms. The van der Waals surface area contributed by atoms with Crippen molar-refractivity contribution in [2.24, 2.45) is 5.73 Å². The molecule has 1 unspecified atom stereocenters. The Hall–Kier alpha value is -1.59. The lowest BCUT2D eigenvalue weighted by atomic mass is 10.1. The van der Waals surface area contributed by atoms with E-state index in [0.29, 0.717) is 24.5 Å². The largest absolute Gasteiger partial charge is 0.490 e. The van der Waals surface area contributed by atoms with Gasteiger partial charge in [0, 0.05) is 22.1 Å². The second-order valence-electron chi connectivity index (χ2n) is 4.62. The summed E-state index contributed by atoms with van der Waals surface area (Å²) in [6.07, 6.45) is 0. The van der Waals surface area contributed by atoms with E-state index in [4.69, 9.17) is 15.2 Å². The molecule has 0 fully saturated rings. The highest BCUT2D eigenvalue weighted by atomic mass is 79.9. The normalized spacial score (nSPS) is 12.0. The quantitative estimate of drug-likeness (QED) is 0.796. The third kappa shape index (κ3) is 4.72. The molecule has 0 aromatic heterocycles. The van der Waals surface area contributed by atoms with Gasteiger partial charge in [-0.1, -0.05) is 22.0 Å². The number of ether oxygens (including phenoxy) is 2. The minimum absolute atomic E-state index is 0.334. The van der Waals surface area contributed by atoms with E-state index in [-0.39, 0.29) is 11.9 Å². The molecule has 0 heterocycles. The van der Waals surface area contributed by atoms with Crippen LogP contribution in [0.25, 0.3) is 0 Å². The fourth-order valence-electron chi connectivity index (χ4n) is 1.82. The number of benzene rings is 2. The Kier molecular flexibility index (Phi) is 5.59. The Labute approximate surface area is 132 Å². The van der Waals surface area contributed by atoms with E-state index < -0.39 is 0 Å². The van der Waals surface area contributed by atoms with Gasteiger partial charge in [0.05, 0.1) is 0 Å². The van der Waals surface area contributed by atoms with Gasteiger partial charge in [0.15, 0.2) is 0 Å². The summed E-state index contributed by atoms with van der Waals surface area (Å²) in [6.45, 7) is 2.47. The number of hydrogen-bond acceptors (Lipinski definition) is 3. The summed E-state index contributed by atoms with van der Waals surface area (Å²) in [7, 11) is 0. The molecule has 2 aromatic carbocycles. The van der Waals surface area contributed by atoms with Gasteiger partial charge >= 0.3 is 0 Å². The second-order valence-corrected chi connectivity index (χ2v) is 5.54. The van der Waals surface area contributed by atoms with Gasteiger partial charge in [-0.2, -0.15) is 0 Å². The molecule has 2 rings (SSSR count). The van der Waals surface area contributed by atoms with Crippen LogP contribution in [0, 0.1) is 5.82 Å². The summed E-state index contributed by atoms with van der Waals surface area (Å²) in [6, 6.07) is 11.9. The van der Waals surface area contributed by atoms with Gasteiger partial charge in [-0.25, -0.2) is 4.39 Å². The Bertz CT molecular complexity index is 587. The van der Waals surface area contributed by atoms with Crippen molar-refractivity contribution in [3.8, 4) is 11.5 Å². The first kappa shape index (κ1) is 15.8. The first-order chi connectivity index (χ1) is 10.1. The van der Waals surface area contributed by atoms with E-state index in [1.807, 2.05) is 24.3 Å². The van der Waals surface area contributed by atoms with E-state index in [0.717, 1.165) is 10.2 Å². The molecule has 21 heavy (non-hydrogen) atoms. The van der Waals surface area contributed by atoms with E-state index in [1.165, 1.54) is 6.07 Å². The lowest BCUT2D eigenvalue weighted by Crippen LogP contribution is -2.10.